The third-order valence-electron chi connectivity index (χ3n) is 6.55. The smallest absolute Gasteiger partial charge is 0.239 e. The van der Waals surface area contributed by atoms with Gasteiger partial charge in [0.25, 0.3) is 0 Å². The summed E-state index contributed by atoms with van der Waals surface area (Å²) in [4.78, 5) is 35.9. The van der Waals surface area contributed by atoms with E-state index in [9.17, 15) is 14.0 Å². The molecule has 8 nitrogen and oxygen atoms in total. The number of carbonyl (C=O) groups excluding carboxylic acids is 2. The first-order chi connectivity index (χ1) is 16.4. The quantitative estimate of drug-likeness (QED) is 0.583. The van der Waals surface area contributed by atoms with E-state index in [0.29, 0.717) is 43.1 Å². The monoisotopic (exact) mass is 465 g/mol. The summed E-state index contributed by atoms with van der Waals surface area (Å²) in [6.07, 6.45) is 5.59. The van der Waals surface area contributed by atoms with Gasteiger partial charge in [-0.05, 0) is 55.5 Å². The number of carbonyl (C=O) groups is 2. The van der Waals surface area contributed by atoms with Crippen molar-refractivity contribution in [3.05, 3.63) is 53.6 Å². The van der Waals surface area contributed by atoms with E-state index in [1.54, 1.807) is 29.3 Å². The second-order valence-electron chi connectivity index (χ2n) is 9.11. The first-order valence-electron chi connectivity index (χ1n) is 11.6. The molecular formula is C25H28FN5O3. The van der Waals surface area contributed by atoms with E-state index in [2.05, 4.69) is 9.97 Å². The second-order valence-corrected chi connectivity index (χ2v) is 9.11. The SMILES string of the molecule is Cc1c[nH]c2nccc(Oc3ccc(C[C@H](N)C(=O)N4CCN(C(=O)C5CC5)CC4)cc3F)c12. The summed E-state index contributed by atoms with van der Waals surface area (Å²) in [7, 11) is 0. The van der Waals surface area contributed by atoms with Gasteiger partial charge in [0.15, 0.2) is 11.6 Å². The largest absolute Gasteiger partial charge is 0.453 e. The Hall–Kier alpha value is -3.46. The van der Waals surface area contributed by atoms with Crippen LogP contribution in [-0.2, 0) is 16.0 Å². The van der Waals surface area contributed by atoms with Crippen LogP contribution in [0.3, 0.4) is 0 Å². The van der Waals surface area contributed by atoms with E-state index in [1.807, 2.05) is 18.0 Å². The zero-order valence-corrected chi connectivity index (χ0v) is 19.1. The molecule has 1 atom stereocenters. The standard InChI is InChI=1S/C25H28FN5O3/c1-15-14-29-23-22(15)21(6-7-28-23)34-20-5-2-16(12-18(20)26)13-19(27)25(33)31-10-8-30(9-11-31)24(32)17-3-4-17/h2,5-7,12,14,17,19H,3-4,8-11,13,27H2,1H3,(H,28,29)/t19-/m0/s1. The number of benzene rings is 1. The van der Waals surface area contributed by atoms with Crippen LogP contribution in [0, 0.1) is 18.7 Å². The van der Waals surface area contributed by atoms with Crippen molar-refractivity contribution >= 4 is 22.8 Å². The molecule has 1 saturated carbocycles. The van der Waals surface area contributed by atoms with Crippen molar-refractivity contribution in [2.24, 2.45) is 11.7 Å². The van der Waals surface area contributed by atoms with Crippen LogP contribution in [0.2, 0.25) is 0 Å². The van der Waals surface area contributed by atoms with Gasteiger partial charge in [-0.1, -0.05) is 6.07 Å². The number of pyridine rings is 1. The molecule has 2 aromatic heterocycles. The number of aromatic nitrogens is 2. The van der Waals surface area contributed by atoms with Gasteiger partial charge in [0, 0.05) is 44.5 Å². The molecule has 2 aliphatic rings. The van der Waals surface area contributed by atoms with Gasteiger partial charge in [-0.25, -0.2) is 9.37 Å². The number of piperazine rings is 1. The fraction of sp³-hybridized carbons (Fsp3) is 0.400. The Morgan fingerprint density at radius 3 is 2.62 bits per heavy atom. The van der Waals surface area contributed by atoms with Gasteiger partial charge in [0.2, 0.25) is 11.8 Å². The van der Waals surface area contributed by atoms with Crippen molar-refractivity contribution in [1.82, 2.24) is 19.8 Å². The maximum absolute atomic E-state index is 14.8. The van der Waals surface area contributed by atoms with Gasteiger partial charge in [0.1, 0.15) is 11.4 Å². The van der Waals surface area contributed by atoms with Crippen LogP contribution in [0.1, 0.15) is 24.0 Å². The van der Waals surface area contributed by atoms with Crippen LogP contribution >= 0.6 is 0 Å². The summed E-state index contributed by atoms with van der Waals surface area (Å²) in [5, 5.41) is 0.803. The molecular weight excluding hydrogens is 437 g/mol. The Kier molecular flexibility index (Phi) is 5.95. The molecule has 0 bridgehead atoms. The van der Waals surface area contributed by atoms with Crippen molar-refractivity contribution in [1.29, 1.82) is 0 Å². The predicted molar refractivity (Wildman–Crippen MR) is 125 cm³/mol. The number of amides is 2. The Bertz CT molecular complexity index is 1230. The molecule has 1 saturated heterocycles. The highest BCUT2D eigenvalue weighted by atomic mass is 19.1. The molecule has 9 heteroatoms. The lowest BCUT2D eigenvalue weighted by atomic mass is 10.0. The maximum Gasteiger partial charge on any atom is 0.239 e. The Morgan fingerprint density at radius 1 is 1.18 bits per heavy atom. The summed E-state index contributed by atoms with van der Waals surface area (Å²) >= 11 is 0. The zero-order valence-electron chi connectivity index (χ0n) is 19.1. The molecule has 34 heavy (non-hydrogen) atoms. The zero-order chi connectivity index (χ0) is 23.8. The number of halogens is 1. The molecule has 1 aliphatic carbocycles. The number of hydrogen-bond donors (Lipinski definition) is 2. The molecule has 3 heterocycles. The number of hydrogen-bond acceptors (Lipinski definition) is 5. The van der Waals surface area contributed by atoms with Gasteiger partial charge < -0.3 is 25.3 Å². The summed E-state index contributed by atoms with van der Waals surface area (Å²) in [5.41, 5.74) is 8.42. The summed E-state index contributed by atoms with van der Waals surface area (Å²) in [6, 6.07) is 5.55. The van der Waals surface area contributed by atoms with Crippen molar-refractivity contribution in [3.63, 3.8) is 0 Å². The van der Waals surface area contributed by atoms with Gasteiger partial charge in [-0.3, -0.25) is 9.59 Å². The fourth-order valence-electron chi connectivity index (χ4n) is 4.45. The van der Waals surface area contributed by atoms with E-state index < -0.39 is 11.9 Å². The number of rotatable bonds is 6. The van der Waals surface area contributed by atoms with Crippen molar-refractivity contribution in [3.8, 4) is 11.5 Å². The van der Waals surface area contributed by atoms with Gasteiger partial charge in [0.05, 0.1) is 11.4 Å². The molecule has 1 aromatic carbocycles. The molecule has 0 spiro atoms. The topological polar surface area (TPSA) is 105 Å². The van der Waals surface area contributed by atoms with Crippen LogP contribution in [0.15, 0.2) is 36.7 Å². The minimum atomic E-state index is -0.779. The molecule has 2 amide bonds. The Labute approximate surface area is 196 Å². The number of nitrogens with zero attached hydrogens (tertiary/aromatic N) is 3. The lowest BCUT2D eigenvalue weighted by molar-refractivity contribution is -0.141. The van der Waals surface area contributed by atoms with E-state index in [1.165, 1.54) is 6.07 Å². The first kappa shape index (κ1) is 22.3. The number of nitrogens with two attached hydrogens (primary N) is 1. The third-order valence-corrected chi connectivity index (χ3v) is 6.55. The molecule has 5 rings (SSSR count). The van der Waals surface area contributed by atoms with Crippen LogP contribution in [0.25, 0.3) is 11.0 Å². The number of nitrogens with one attached hydrogen (secondary N) is 1. The molecule has 0 unspecified atom stereocenters. The highest BCUT2D eigenvalue weighted by molar-refractivity contribution is 5.86. The minimum Gasteiger partial charge on any atom is -0.453 e. The van der Waals surface area contributed by atoms with Crippen molar-refractivity contribution < 1.29 is 18.7 Å². The number of H-pyrrole nitrogens is 1. The number of ether oxygens (including phenoxy) is 1. The van der Waals surface area contributed by atoms with Crippen LogP contribution in [-0.4, -0.2) is 63.8 Å². The van der Waals surface area contributed by atoms with E-state index >= 15 is 0 Å². The maximum atomic E-state index is 14.8. The number of fused-ring (bicyclic) bond motifs is 1. The highest BCUT2D eigenvalue weighted by Gasteiger charge is 2.35. The first-order valence-corrected chi connectivity index (χ1v) is 11.6. The molecule has 1 aliphatic heterocycles. The number of aryl methyl sites for hydroxylation is 1. The van der Waals surface area contributed by atoms with Crippen molar-refractivity contribution in [2.75, 3.05) is 26.2 Å². The lowest BCUT2D eigenvalue weighted by Crippen LogP contribution is -2.55. The molecule has 3 N–H and O–H groups in total. The highest BCUT2D eigenvalue weighted by Crippen LogP contribution is 2.33. The van der Waals surface area contributed by atoms with Crippen LogP contribution in [0.5, 0.6) is 11.5 Å². The number of aromatic amines is 1. The summed E-state index contributed by atoms with van der Waals surface area (Å²) in [6.45, 7) is 3.96. The molecule has 0 radical (unpaired) electrons. The Morgan fingerprint density at radius 2 is 1.91 bits per heavy atom. The Balaban J connectivity index is 1.20. The summed E-state index contributed by atoms with van der Waals surface area (Å²) in [5.74, 6) is 0.287. The molecule has 178 valence electrons. The predicted octanol–water partition coefficient (Wildman–Crippen LogP) is 2.75. The molecule has 3 aromatic rings. The van der Waals surface area contributed by atoms with Gasteiger partial charge in [-0.2, -0.15) is 0 Å². The van der Waals surface area contributed by atoms with E-state index in [4.69, 9.17) is 10.5 Å². The second kappa shape index (κ2) is 9.06. The minimum absolute atomic E-state index is 0.0909. The normalized spacial score (nSPS) is 17.1. The van der Waals surface area contributed by atoms with E-state index in [-0.39, 0.29) is 29.9 Å². The average molecular weight is 466 g/mol. The van der Waals surface area contributed by atoms with Crippen LogP contribution in [0.4, 0.5) is 4.39 Å². The van der Waals surface area contributed by atoms with Crippen molar-refractivity contribution in [2.45, 2.75) is 32.2 Å². The lowest BCUT2D eigenvalue weighted by Gasteiger charge is -2.36. The van der Waals surface area contributed by atoms with E-state index in [0.717, 1.165) is 23.8 Å². The van der Waals surface area contributed by atoms with Crippen LogP contribution < -0.4 is 10.5 Å². The van der Waals surface area contributed by atoms with Gasteiger partial charge >= 0.3 is 0 Å². The summed E-state index contributed by atoms with van der Waals surface area (Å²) < 4.78 is 20.7. The fourth-order valence-corrected chi connectivity index (χ4v) is 4.45. The average Bonchev–Trinajstić information content (AvgIpc) is 3.62. The molecule has 2 fully saturated rings. The van der Waals surface area contributed by atoms with Gasteiger partial charge in [-0.15, -0.1) is 0 Å². The third kappa shape index (κ3) is 4.48.